The Labute approximate surface area is 218 Å². The number of carbonyl (C=O) groups is 4. The number of aliphatic imine (C=N–C) groups is 2. The molecule has 0 aromatic heterocycles. The van der Waals surface area contributed by atoms with Crippen LogP contribution in [-0.4, -0.2) is 73.8 Å². The first-order valence-corrected chi connectivity index (χ1v) is 12.9. The van der Waals surface area contributed by atoms with Crippen LogP contribution in [0.5, 0.6) is 0 Å². The van der Waals surface area contributed by atoms with Gasteiger partial charge in [0.1, 0.15) is 12.1 Å². The highest BCUT2D eigenvalue weighted by Crippen LogP contribution is 2.10. The lowest BCUT2D eigenvalue weighted by Gasteiger charge is -2.29. The molecule has 12 N–H and O–H groups in total. The van der Waals surface area contributed by atoms with Gasteiger partial charge in [0.15, 0.2) is 11.9 Å². The number of guanidine groups is 2. The SMILES string of the molecule is NC(N)=NCCCCC(=O)NCCCC[C@@H]1NC(=O)[C@H](CCCCNC(=O)CCCN=C(N)N)NC1=O. The Morgan fingerprint density at radius 3 is 1.54 bits per heavy atom. The molecule has 1 heterocycles. The number of nitrogens with one attached hydrogen (secondary N) is 4. The summed E-state index contributed by atoms with van der Waals surface area (Å²) >= 11 is 0. The molecule has 0 unspecified atom stereocenters. The van der Waals surface area contributed by atoms with Gasteiger partial charge in [-0.3, -0.25) is 29.2 Å². The molecule has 0 bridgehead atoms. The van der Waals surface area contributed by atoms with Crippen molar-refractivity contribution in [2.75, 3.05) is 26.2 Å². The van der Waals surface area contributed by atoms with Crippen LogP contribution >= 0.6 is 0 Å². The Balaban J connectivity index is 2.09. The number of hydrogen-bond donors (Lipinski definition) is 8. The number of carbonyl (C=O) groups excluding carboxylic acids is 4. The summed E-state index contributed by atoms with van der Waals surface area (Å²) in [6.07, 6.45) is 6.56. The van der Waals surface area contributed by atoms with E-state index in [0.717, 1.165) is 6.42 Å². The molecule has 1 rings (SSSR count). The minimum atomic E-state index is -0.565. The highest BCUT2D eigenvalue weighted by atomic mass is 16.2. The molecule has 0 aromatic rings. The predicted molar refractivity (Wildman–Crippen MR) is 142 cm³/mol. The number of amides is 4. The smallest absolute Gasteiger partial charge is 0.243 e. The van der Waals surface area contributed by atoms with Crippen LogP contribution in [0.15, 0.2) is 9.98 Å². The molecule has 0 aromatic carbocycles. The zero-order valence-electron chi connectivity index (χ0n) is 21.6. The standard InChI is InChI=1S/C23H44N10O4/c24-22(25)30-14-6-3-10-18(34)28-12-4-1-8-16-20(36)33-17(21(37)32-16)9-2-5-13-29-19(35)11-7-15-31-23(26)27/h16-17H,1-15H2,(H,28,34)(H,29,35)(H,32,37)(H,33,36)(H4,24,25,30)(H4,26,27,31)/t16-,17-/m0/s1. The van der Waals surface area contributed by atoms with Gasteiger partial charge >= 0.3 is 0 Å². The number of hydrogen-bond acceptors (Lipinski definition) is 6. The van der Waals surface area contributed by atoms with Crippen LogP contribution in [0.1, 0.15) is 70.6 Å². The van der Waals surface area contributed by atoms with Crippen molar-refractivity contribution in [3.05, 3.63) is 0 Å². The molecule has 210 valence electrons. The Morgan fingerprint density at radius 1 is 0.649 bits per heavy atom. The van der Waals surface area contributed by atoms with Crippen molar-refractivity contribution in [2.45, 2.75) is 82.7 Å². The highest BCUT2D eigenvalue weighted by molar-refractivity contribution is 5.96. The second kappa shape index (κ2) is 18.7. The fourth-order valence-electron chi connectivity index (χ4n) is 3.71. The molecule has 14 heteroatoms. The van der Waals surface area contributed by atoms with Crippen molar-refractivity contribution in [3.8, 4) is 0 Å². The Bertz CT molecular complexity index is 794. The van der Waals surface area contributed by atoms with Crippen molar-refractivity contribution in [2.24, 2.45) is 32.9 Å². The first-order chi connectivity index (χ1) is 17.7. The maximum Gasteiger partial charge on any atom is 0.243 e. The fourth-order valence-corrected chi connectivity index (χ4v) is 3.71. The summed E-state index contributed by atoms with van der Waals surface area (Å²) in [6.45, 7) is 1.94. The molecular weight excluding hydrogens is 480 g/mol. The van der Waals surface area contributed by atoms with Crippen LogP contribution in [0.3, 0.4) is 0 Å². The third kappa shape index (κ3) is 15.9. The molecule has 1 fully saturated rings. The minimum Gasteiger partial charge on any atom is -0.370 e. The van der Waals surface area contributed by atoms with Crippen LogP contribution in [0.4, 0.5) is 0 Å². The number of unbranched alkanes of at least 4 members (excludes halogenated alkanes) is 3. The summed E-state index contributed by atoms with van der Waals surface area (Å²) in [4.78, 5) is 56.0. The van der Waals surface area contributed by atoms with Crippen molar-refractivity contribution >= 4 is 35.5 Å². The summed E-state index contributed by atoms with van der Waals surface area (Å²) < 4.78 is 0. The minimum absolute atomic E-state index is 0.0102. The molecular formula is C23H44N10O4. The lowest BCUT2D eigenvalue weighted by Crippen LogP contribution is -2.61. The van der Waals surface area contributed by atoms with Crippen molar-refractivity contribution < 1.29 is 19.2 Å². The van der Waals surface area contributed by atoms with Crippen molar-refractivity contribution in [3.63, 3.8) is 0 Å². The highest BCUT2D eigenvalue weighted by Gasteiger charge is 2.32. The van der Waals surface area contributed by atoms with Gasteiger partial charge in [0, 0.05) is 39.0 Å². The van der Waals surface area contributed by atoms with Gasteiger partial charge in [0.2, 0.25) is 23.6 Å². The van der Waals surface area contributed by atoms with Gasteiger partial charge in [-0.05, 0) is 57.8 Å². The fraction of sp³-hybridized carbons (Fsp3) is 0.739. The molecule has 37 heavy (non-hydrogen) atoms. The zero-order chi connectivity index (χ0) is 27.5. The molecule has 0 aliphatic carbocycles. The van der Waals surface area contributed by atoms with Gasteiger partial charge in [-0.25, -0.2) is 0 Å². The third-order valence-corrected chi connectivity index (χ3v) is 5.71. The first kappa shape index (κ1) is 31.4. The van der Waals surface area contributed by atoms with Gasteiger partial charge in [-0.1, -0.05) is 0 Å². The van der Waals surface area contributed by atoms with E-state index in [1.807, 2.05) is 0 Å². The zero-order valence-corrected chi connectivity index (χ0v) is 21.6. The van der Waals surface area contributed by atoms with Crippen molar-refractivity contribution in [1.82, 2.24) is 21.3 Å². The van der Waals surface area contributed by atoms with E-state index < -0.39 is 12.1 Å². The molecule has 1 saturated heterocycles. The third-order valence-electron chi connectivity index (χ3n) is 5.71. The van der Waals surface area contributed by atoms with E-state index in [0.29, 0.717) is 90.4 Å². The number of piperazine rings is 1. The summed E-state index contributed by atoms with van der Waals surface area (Å²) in [7, 11) is 0. The van der Waals surface area contributed by atoms with E-state index in [1.54, 1.807) is 0 Å². The van der Waals surface area contributed by atoms with Crippen LogP contribution < -0.4 is 44.2 Å². The van der Waals surface area contributed by atoms with E-state index in [4.69, 9.17) is 22.9 Å². The molecule has 4 amide bonds. The largest absolute Gasteiger partial charge is 0.370 e. The van der Waals surface area contributed by atoms with Crippen LogP contribution in [-0.2, 0) is 19.2 Å². The van der Waals surface area contributed by atoms with E-state index in [-0.39, 0.29) is 35.5 Å². The number of rotatable bonds is 19. The Hall–Kier alpha value is -3.58. The topological polar surface area (TPSA) is 245 Å². The summed E-state index contributed by atoms with van der Waals surface area (Å²) in [5, 5.41) is 11.3. The first-order valence-electron chi connectivity index (χ1n) is 12.9. The molecule has 0 saturated carbocycles. The average molecular weight is 525 g/mol. The van der Waals surface area contributed by atoms with Gasteiger partial charge < -0.3 is 44.2 Å². The van der Waals surface area contributed by atoms with Crippen LogP contribution in [0.2, 0.25) is 0 Å². The van der Waals surface area contributed by atoms with E-state index in [1.165, 1.54) is 0 Å². The van der Waals surface area contributed by atoms with E-state index in [9.17, 15) is 19.2 Å². The normalized spacial score (nSPS) is 16.8. The van der Waals surface area contributed by atoms with Crippen LogP contribution in [0, 0.1) is 0 Å². The monoisotopic (exact) mass is 524 g/mol. The quantitative estimate of drug-likeness (QED) is 0.0534. The molecule has 14 nitrogen and oxygen atoms in total. The molecule has 1 aliphatic heterocycles. The summed E-state index contributed by atoms with van der Waals surface area (Å²) in [5.41, 5.74) is 20.9. The maximum absolute atomic E-state index is 12.4. The molecule has 0 radical (unpaired) electrons. The van der Waals surface area contributed by atoms with Crippen molar-refractivity contribution in [1.29, 1.82) is 0 Å². The Morgan fingerprint density at radius 2 is 1.08 bits per heavy atom. The lowest BCUT2D eigenvalue weighted by atomic mass is 10.0. The van der Waals surface area contributed by atoms with Gasteiger partial charge in [0.25, 0.3) is 0 Å². The second-order valence-corrected chi connectivity index (χ2v) is 8.99. The van der Waals surface area contributed by atoms with E-state index >= 15 is 0 Å². The van der Waals surface area contributed by atoms with Gasteiger partial charge in [-0.15, -0.1) is 0 Å². The van der Waals surface area contributed by atoms with Gasteiger partial charge in [0.05, 0.1) is 0 Å². The van der Waals surface area contributed by atoms with Gasteiger partial charge in [-0.2, -0.15) is 0 Å². The Kier molecular flexibility index (Phi) is 15.9. The predicted octanol–water partition coefficient (Wildman–Crippen LogP) is -1.96. The summed E-state index contributed by atoms with van der Waals surface area (Å²) in [6, 6.07) is -1.13. The lowest BCUT2D eigenvalue weighted by molar-refractivity contribution is -0.137. The van der Waals surface area contributed by atoms with E-state index in [2.05, 4.69) is 31.3 Å². The molecule has 0 spiro atoms. The maximum atomic E-state index is 12.4. The number of nitrogens with two attached hydrogens (primary N) is 4. The average Bonchev–Trinajstić information content (AvgIpc) is 2.83. The second-order valence-electron chi connectivity index (χ2n) is 8.99. The number of nitrogens with zero attached hydrogens (tertiary/aromatic N) is 2. The molecule has 2 atom stereocenters. The van der Waals surface area contributed by atoms with Crippen LogP contribution in [0.25, 0.3) is 0 Å². The summed E-state index contributed by atoms with van der Waals surface area (Å²) in [5.74, 6) is -0.424. The molecule has 1 aliphatic rings.